The van der Waals surface area contributed by atoms with Crippen molar-refractivity contribution in [3.05, 3.63) is 53.1 Å². The van der Waals surface area contributed by atoms with E-state index in [-0.39, 0.29) is 12.0 Å². The lowest BCUT2D eigenvalue weighted by molar-refractivity contribution is 0.0232. The summed E-state index contributed by atoms with van der Waals surface area (Å²) in [4.78, 5) is 6.58. The second kappa shape index (κ2) is 6.82. The average Bonchev–Trinajstić information content (AvgIpc) is 2.90. The molecule has 1 fully saturated rings. The van der Waals surface area contributed by atoms with Gasteiger partial charge in [-0.25, -0.2) is 4.98 Å². The van der Waals surface area contributed by atoms with E-state index < -0.39 is 0 Å². The van der Waals surface area contributed by atoms with Gasteiger partial charge in [0.05, 0.1) is 18.1 Å². The Labute approximate surface area is 136 Å². The fraction of sp³-hybridized carbons (Fsp3) is 0.471. The number of hydrogen-bond acceptors (Lipinski definition) is 3. The molecule has 1 aliphatic rings. The highest BCUT2D eigenvalue weighted by molar-refractivity contribution is 6.30. The summed E-state index contributed by atoms with van der Waals surface area (Å²) < 4.78 is 2.05. The molecule has 2 aromatic rings. The molecule has 1 N–H and O–H groups in total. The van der Waals surface area contributed by atoms with Crippen LogP contribution in [0.3, 0.4) is 0 Å². The number of aliphatic hydroxyl groups excluding tert-OH is 1. The molecule has 1 aromatic heterocycles. The van der Waals surface area contributed by atoms with Gasteiger partial charge in [-0.15, -0.1) is 0 Å². The van der Waals surface area contributed by atoms with Crippen LogP contribution >= 0.6 is 11.6 Å². The number of rotatable bonds is 4. The third-order valence-electron chi connectivity index (χ3n) is 4.49. The zero-order valence-corrected chi connectivity index (χ0v) is 13.6. The van der Waals surface area contributed by atoms with Gasteiger partial charge >= 0.3 is 0 Å². The van der Waals surface area contributed by atoms with Crippen LogP contribution < -0.4 is 0 Å². The molecule has 0 aliphatic carbocycles. The SMILES string of the molecule is Cn1cncc1CN1CC[C@H](O)[C@H](Cc2ccc(Cl)cc2)C1. The van der Waals surface area contributed by atoms with Gasteiger partial charge < -0.3 is 9.67 Å². The maximum absolute atomic E-state index is 10.3. The van der Waals surface area contributed by atoms with Crippen molar-refractivity contribution in [1.82, 2.24) is 14.5 Å². The van der Waals surface area contributed by atoms with E-state index in [2.05, 4.69) is 26.6 Å². The second-order valence-electron chi connectivity index (χ2n) is 6.18. The fourth-order valence-electron chi connectivity index (χ4n) is 3.13. The molecule has 2 atom stereocenters. The van der Waals surface area contributed by atoms with Crippen LogP contribution in [0, 0.1) is 5.92 Å². The topological polar surface area (TPSA) is 41.3 Å². The van der Waals surface area contributed by atoms with Crippen LogP contribution in [0.4, 0.5) is 0 Å². The predicted molar refractivity (Wildman–Crippen MR) is 87.8 cm³/mol. The number of aromatic nitrogens is 2. The van der Waals surface area contributed by atoms with E-state index >= 15 is 0 Å². The van der Waals surface area contributed by atoms with Gasteiger partial charge in [-0.3, -0.25) is 4.90 Å². The van der Waals surface area contributed by atoms with Crippen molar-refractivity contribution < 1.29 is 5.11 Å². The Morgan fingerprint density at radius 2 is 2.09 bits per heavy atom. The Hall–Kier alpha value is -1.36. The number of benzene rings is 1. The fourth-order valence-corrected chi connectivity index (χ4v) is 3.25. The van der Waals surface area contributed by atoms with Gasteiger partial charge in [-0.2, -0.15) is 0 Å². The molecular formula is C17H22ClN3O. The van der Waals surface area contributed by atoms with E-state index in [1.165, 1.54) is 11.3 Å². The Morgan fingerprint density at radius 3 is 2.77 bits per heavy atom. The summed E-state index contributed by atoms with van der Waals surface area (Å²) in [6.07, 6.45) is 5.24. The monoisotopic (exact) mass is 319 g/mol. The maximum Gasteiger partial charge on any atom is 0.0945 e. The van der Waals surface area contributed by atoms with Crippen LogP contribution in [0.1, 0.15) is 17.7 Å². The Morgan fingerprint density at radius 1 is 1.32 bits per heavy atom. The van der Waals surface area contributed by atoms with Crippen LogP contribution in [-0.4, -0.2) is 38.8 Å². The van der Waals surface area contributed by atoms with Crippen molar-refractivity contribution in [2.24, 2.45) is 13.0 Å². The number of aliphatic hydroxyl groups is 1. The van der Waals surface area contributed by atoms with Gasteiger partial charge in [0, 0.05) is 43.8 Å². The molecular weight excluding hydrogens is 298 g/mol. The van der Waals surface area contributed by atoms with Crippen molar-refractivity contribution in [1.29, 1.82) is 0 Å². The molecule has 118 valence electrons. The lowest BCUT2D eigenvalue weighted by atomic mass is 9.88. The highest BCUT2D eigenvalue weighted by Gasteiger charge is 2.28. The van der Waals surface area contributed by atoms with E-state index in [0.717, 1.165) is 37.5 Å². The molecule has 0 unspecified atom stereocenters. The summed E-state index contributed by atoms with van der Waals surface area (Å²) in [5.41, 5.74) is 2.44. The van der Waals surface area contributed by atoms with Crippen molar-refractivity contribution >= 4 is 11.6 Å². The van der Waals surface area contributed by atoms with Gasteiger partial charge in [0.1, 0.15) is 0 Å². The van der Waals surface area contributed by atoms with E-state index in [0.29, 0.717) is 0 Å². The number of nitrogens with zero attached hydrogens (tertiary/aromatic N) is 3. The molecule has 1 saturated heterocycles. The zero-order valence-electron chi connectivity index (χ0n) is 12.8. The van der Waals surface area contributed by atoms with Crippen molar-refractivity contribution in [2.45, 2.75) is 25.5 Å². The molecule has 0 saturated carbocycles. The molecule has 22 heavy (non-hydrogen) atoms. The summed E-state index contributed by atoms with van der Waals surface area (Å²) in [6.45, 7) is 2.73. The quantitative estimate of drug-likeness (QED) is 0.941. The van der Waals surface area contributed by atoms with Crippen LogP contribution in [0.25, 0.3) is 0 Å². The number of piperidine rings is 1. The third kappa shape index (κ3) is 3.69. The van der Waals surface area contributed by atoms with Gasteiger partial charge in [0.2, 0.25) is 0 Å². The van der Waals surface area contributed by atoms with E-state index in [4.69, 9.17) is 11.6 Å². The largest absolute Gasteiger partial charge is 0.393 e. The highest BCUT2D eigenvalue weighted by atomic mass is 35.5. The Kier molecular flexibility index (Phi) is 4.81. The van der Waals surface area contributed by atoms with Crippen LogP contribution in [0.15, 0.2) is 36.8 Å². The third-order valence-corrected chi connectivity index (χ3v) is 4.74. The number of hydrogen-bond donors (Lipinski definition) is 1. The standard InChI is InChI=1S/C17H22ClN3O/c1-20-12-19-9-16(20)11-21-7-6-17(22)14(10-21)8-13-2-4-15(18)5-3-13/h2-5,9,12,14,17,22H,6-8,10-11H2,1H3/t14-,17+/m1/s1. The van der Waals surface area contributed by atoms with Crippen molar-refractivity contribution in [3.8, 4) is 0 Å². The number of halogens is 1. The van der Waals surface area contributed by atoms with Crippen LogP contribution in [0.5, 0.6) is 0 Å². The first-order valence-electron chi connectivity index (χ1n) is 7.72. The molecule has 1 aromatic carbocycles. The molecule has 3 rings (SSSR count). The maximum atomic E-state index is 10.3. The number of likely N-dealkylation sites (tertiary alicyclic amines) is 1. The number of imidazole rings is 1. The van der Waals surface area contributed by atoms with Crippen molar-refractivity contribution in [2.75, 3.05) is 13.1 Å². The summed E-state index contributed by atoms with van der Waals surface area (Å²) in [7, 11) is 2.02. The molecule has 0 bridgehead atoms. The highest BCUT2D eigenvalue weighted by Crippen LogP contribution is 2.23. The van der Waals surface area contributed by atoms with E-state index in [9.17, 15) is 5.11 Å². The minimum atomic E-state index is -0.224. The molecule has 2 heterocycles. The first kappa shape index (κ1) is 15.5. The molecule has 0 spiro atoms. The first-order valence-corrected chi connectivity index (χ1v) is 8.09. The first-order chi connectivity index (χ1) is 10.6. The Balaban J connectivity index is 1.63. The lowest BCUT2D eigenvalue weighted by Gasteiger charge is -2.36. The molecule has 1 aliphatic heterocycles. The molecule has 4 nitrogen and oxygen atoms in total. The Bertz CT molecular complexity index is 611. The molecule has 5 heteroatoms. The molecule has 0 radical (unpaired) electrons. The van der Waals surface area contributed by atoms with Crippen LogP contribution in [-0.2, 0) is 20.0 Å². The summed E-state index contributed by atoms with van der Waals surface area (Å²) in [5, 5.41) is 11.1. The second-order valence-corrected chi connectivity index (χ2v) is 6.61. The van der Waals surface area contributed by atoms with Gasteiger partial charge in [-0.1, -0.05) is 23.7 Å². The smallest absolute Gasteiger partial charge is 0.0945 e. The van der Waals surface area contributed by atoms with Gasteiger partial charge in [0.25, 0.3) is 0 Å². The van der Waals surface area contributed by atoms with Crippen molar-refractivity contribution in [3.63, 3.8) is 0 Å². The minimum absolute atomic E-state index is 0.224. The summed E-state index contributed by atoms with van der Waals surface area (Å²) in [5.74, 6) is 0.267. The zero-order chi connectivity index (χ0) is 15.5. The van der Waals surface area contributed by atoms with Gasteiger partial charge in [-0.05, 0) is 30.5 Å². The minimum Gasteiger partial charge on any atom is -0.393 e. The van der Waals surface area contributed by atoms with Crippen LogP contribution in [0.2, 0.25) is 5.02 Å². The predicted octanol–water partition coefficient (Wildman–Crippen LogP) is 2.50. The average molecular weight is 320 g/mol. The summed E-state index contributed by atoms with van der Waals surface area (Å²) in [6, 6.07) is 7.93. The molecule has 0 amide bonds. The normalized spacial score (nSPS) is 22.9. The lowest BCUT2D eigenvalue weighted by Crippen LogP contribution is -2.43. The van der Waals surface area contributed by atoms with E-state index in [1.807, 2.05) is 31.7 Å². The summed E-state index contributed by atoms with van der Waals surface area (Å²) >= 11 is 5.93. The van der Waals surface area contributed by atoms with E-state index in [1.54, 1.807) is 0 Å². The number of aryl methyl sites for hydroxylation is 1. The van der Waals surface area contributed by atoms with Gasteiger partial charge in [0.15, 0.2) is 0 Å².